The Hall–Kier alpha value is -3.07. The highest BCUT2D eigenvalue weighted by molar-refractivity contribution is 6.07. The number of ether oxygens (including phenoxy) is 1. The zero-order valence-electron chi connectivity index (χ0n) is 11.3. The number of nitrogens with zero attached hydrogens (tertiary/aromatic N) is 1. The maximum absolute atomic E-state index is 12.1. The van der Waals surface area contributed by atoms with Gasteiger partial charge < -0.3 is 15.0 Å². The third-order valence-electron chi connectivity index (χ3n) is 2.77. The van der Waals surface area contributed by atoms with Crippen LogP contribution in [0.2, 0.25) is 0 Å². The normalized spacial score (nSPS) is 9.71. The summed E-state index contributed by atoms with van der Waals surface area (Å²) in [6.45, 7) is 1.96. The number of rotatable bonds is 4. The van der Waals surface area contributed by atoms with Gasteiger partial charge in [0, 0.05) is 18.0 Å². The highest BCUT2D eigenvalue weighted by atomic mass is 16.5. The van der Waals surface area contributed by atoms with Crippen LogP contribution in [0.4, 0.5) is 5.69 Å². The Bertz CT molecular complexity index is 696. The summed E-state index contributed by atoms with van der Waals surface area (Å²) in [5.74, 6) is -0.876. The van der Waals surface area contributed by atoms with Crippen LogP contribution in [0.1, 0.15) is 33.2 Å². The molecule has 2 N–H and O–H groups in total. The van der Waals surface area contributed by atoms with Gasteiger partial charge in [-0.3, -0.25) is 4.79 Å². The Kier molecular flexibility index (Phi) is 4.36. The largest absolute Gasteiger partial charge is 0.462 e. The molecular formula is C15H13N3O3. The van der Waals surface area contributed by atoms with E-state index in [0.717, 1.165) is 0 Å². The predicted octanol–water partition coefficient (Wildman–Crippen LogP) is 2.32. The van der Waals surface area contributed by atoms with E-state index in [2.05, 4.69) is 10.3 Å². The van der Waals surface area contributed by atoms with Crippen molar-refractivity contribution in [2.45, 2.75) is 6.92 Å². The van der Waals surface area contributed by atoms with E-state index in [0.29, 0.717) is 16.8 Å². The molecule has 0 saturated heterocycles. The Balaban J connectivity index is 2.14. The highest BCUT2D eigenvalue weighted by Gasteiger charge is 2.16. The Morgan fingerprint density at radius 3 is 2.62 bits per heavy atom. The quantitative estimate of drug-likeness (QED) is 0.842. The van der Waals surface area contributed by atoms with Crippen molar-refractivity contribution in [2.24, 2.45) is 0 Å². The van der Waals surface area contributed by atoms with Crippen molar-refractivity contribution in [3.05, 3.63) is 53.3 Å². The summed E-state index contributed by atoms with van der Waals surface area (Å²) in [4.78, 5) is 26.5. The lowest BCUT2D eigenvalue weighted by molar-refractivity contribution is 0.0528. The first-order chi connectivity index (χ1) is 10.2. The Morgan fingerprint density at radius 1 is 1.29 bits per heavy atom. The lowest BCUT2D eigenvalue weighted by Gasteiger charge is -2.06. The topological polar surface area (TPSA) is 95.0 Å². The number of carbonyl (C=O) groups is 2. The van der Waals surface area contributed by atoms with Crippen LogP contribution in [0.5, 0.6) is 0 Å². The summed E-state index contributed by atoms with van der Waals surface area (Å²) >= 11 is 0. The van der Waals surface area contributed by atoms with Crippen molar-refractivity contribution in [3.8, 4) is 6.07 Å². The van der Waals surface area contributed by atoms with Gasteiger partial charge in [-0.15, -0.1) is 0 Å². The van der Waals surface area contributed by atoms with Gasteiger partial charge in [0.05, 0.1) is 23.9 Å². The van der Waals surface area contributed by atoms with E-state index in [4.69, 9.17) is 10.00 Å². The average molecular weight is 283 g/mol. The second-order valence-corrected chi connectivity index (χ2v) is 4.15. The van der Waals surface area contributed by atoms with E-state index in [1.54, 1.807) is 31.2 Å². The van der Waals surface area contributed by atoms with E-state index >= 15 is 0 Å². The molecule has 1 heterocycles. The SMILES string of the molecule is CCOC(=O)c1c[nH]cc1NC(=O)c1ccc(C#N)cc1. The molecule has 0 aliphatic rings. The number of H-pyrrole nitrogens is 1. The first-order valence-corrected chi connectivity index (χ1v) is 6.31. The van der Waals surface area contributed by atoms with Gasteiger partial charge in [-0.25, -0.2) is 4.79 Å². The number of hydrogen-bond donors (Lipinski definition) is 2. The first kappa shape index (κ1) is 14.3. The summed E-state index contributed by atoms with van der Waals surface area (Å²) in [5, 5.41) is 11.3. The number of esters is 1. The molecule has 0 atom stereocenters. The van der Waals surface area contributed by atoms with Gasteiger partial charge in [-0.2, -0.15) is 5.26 Å². The van der Waals surface area contributed by atoms with E-state index in [-0.39, 0.29) is 18.1 Å². The molecule has 0 aliphatic carbocycles. The predicted molar refractivity (Wildman–Crippen MR) is 75.9 cm³/mol. The summed E-state index contributed by atoms with van der Waals surface area (Å²) in [6, 6.07) is 8.18. The van der Waals surface area contributed by atoms with Crippen LogP contribution >= 0.6 is 0 Å². The van der Waals surface area contributed by atoms with E-state index in [1.165, 1.54) is 12.4 Å². The number of aromatic amines is 1. The Morgan fingerprint density at radius 2 is 2.00 bits per heavy atom. The molecule has 0 radical (unpaired) electrons. The molecule has 0 unspecified atom stereocenters. The number of carbonyl (C=O) groups excluding carboxylic acids is 2. The number of benzene rings is 1. The van der Waals surface area contributed by atoms with Gasteiger partial charge in [-0.05, 0) is 31.2 Å². The van der Waals surface area contributed by atoms with Gasteiger partial charge in [0.2, 0.25) is 0 Å². The van der Waals surface area contributed by atoms with Crippen LogP contribution in [0.25, 0.3) is 0 Å². The summed E-state index contributed by atoms with van der Waals surface area (Å²) < 4.78 is 4.90. The van der Waals surface area contributed by atoms with Crippen LogP contribution in [0.3, 0.4) is 0 Å². The highest BCUT2D eigenvalue weighted by Crippen LogP contribution is 2.17. The lowest BCUT2D eigenvalue weighted by atomic mass is 10.1. The molecule has 106 valence electrons. The molecule has 0 fully saturated rings. The minimum Gasteiger partial charge on any atom is -0.462 e. The minimum atomic E-state index is -0.506. The summed E-state index contributed by atoms with van der Waals surface area (Å²) in [5.41, 5.74) is 1.48. The number of nitrogens with one attached hydrogen (secondary N) is 2. The van der Waals surface area contributed by atoms with Crippen molar-refractivity contribution in [3.63, 3.8) is 0 Å². The van der Waals surface area contributed by atoms with Crippen molar-refractivity contribution in [2.75, 3.05) is 11.9 Å². The molecule has 6 nitrogen and oxygen atoms in total. The van der Waals surface area contributed by atoms with Crippen LogP contribution in [0, 0.1) is 11.3 Å². The van der Waals surface area contributed by atoms with E-state index in [9.17, 15) is 9.59 Å². The molecule has 1 amide bonds. The maximum atomic E-state index is 12.1. The van der Waals surface area contributed by atoms with Crippen LogP contribution in [-0.4, -0.2) is 23.5 Å². The molecule has 2 rings (SSSR count). The van der Waals surface area contributed by atoms with Gasteiger partial charge >= 0.3 is 5.97 Å². The molecule has 0 aliphatic heterocycles. The average Bonchev–Trinajstić information content (AvgIpc) is 2.95. The fraction of sp³-hybridized carbons (Fsp3) is 0.133. The third-order valence-corrected chi connectivity index (χ3v) is 2.77. The third kappa shape index (κ3) is 3.28. The standard InChI is InChI=1S/C15H13N3O3/c1-2-21-15(20)12-8-17-9-13(12)18-14(19)11-5-3-10(7-16)4-6-11/h3-6,8-9,17H,2H2,1H3,(H,18,19). The minimum absolute atomic E-state index is 0.257. The molecular weight excluding hydrogens is 270 g/mol. The molecule has 0 saturated carbocycles. The smallest absolute Gasteiger partial charge is 0.341 e. The van der Waals surface area contributed by atoms with Crippen molar-refractivity contribution in [1.82, 2.24) is 4.98 Å². The molecule has 0 bridgehead atoms. The molecule has 0 spiro atoms. The van der Waals surface area contributed by atoms with Crippen LogP contribution in [0.15, 0.2) is 36.7 Å². The summed E-state index contributed by atoms with van der Waals surface area (Å²) in [7, 11) is 0. The molecule has 6 heteroatoms. The number of hydrogen-bond acceptors (Lipinski definition) is 4. The van der Waals surface area contributed by atoms with Crippen molar-refractivity contribution in [1.29, 1.82) is 5.26 Å². The van der Waals surface area contributed by atoms with Gasteiger partial charge in [-0.1, -0.05) is 0 Å². The van der Waals surface area contributed by atoms with Gasteiger partial charge in [0.15, 0.2) is 0 Å². The Labute approximate surface area is 121 Å². The molecule has 1 aromatic heterocycles. The number of nitriles is 1. The monoisotopic (exact) mass is 283 g/mol. The van der Waals surface area contributed by atoms with E-state index in [1.807, 2.05) is 6.07 Å². The number of anilines is 1. The zero-order valence-corrected chi connectivity index (χ0v) is 11.3. The number of amides is 1. The van der Waals surface area contributed by atoms with Gasteiger partial charge in [0.1, 0.15) is 5.56 Å². The summed E-state index contributed by atoms with van der Waals surface area (Å²) in [6.07, 6.45) is 2.97. The van der Waals surface area contributed by atoms with Crippen LogP contribution < -0.4 is 5.32 Å². The lowest BCUT2D eigenvalue weighted by Crippen LogP contribution is -2.14. The number of aromatic nitrogens is 1. The van der Waals surface area contributed by atoms with Crippen LogP contribution in [-0.2, 0) is 4.74 Å². The maximum Gasteiger partial charge on any atom is 0.341 e. The fourth-order valence-corrected chi connectivity index (χ4v) is 1.74. The van der Waals surface area contributed by atoms with E-state index < -0.39 is 5.97 Å². The van der Waals surface area contributed by atoms with Crippen molar-refractivity contribution < 1.29 is 14.3 Å². The fourth-order valence-electron chi connectivity index (χ4n) is 1.74. The van der Waals surface area contributed by atoms with Gasteiger partial charge in [0.25, 0.3) is 5.91 Å². The molecule has 21 heavy (non-hydrogen) atoms. The molecule has 2 aromatic rings. The zero-order chi connectivity index (χ0) is 15.2. The molecule has 1 aromatic carbocycles. The second kappa shape index (κ2) is 6.39. The van der Waals surface area contributed by atoms with Crippen molar-refractivity contribution >= 4 is 17.6 Å². The second-order valence-electron chi connectivity index (χ2n) is 4.15. The first-order valence-electron chi connectivity index (χ1n) is 6.31.